The lowest BCUT2D eigenvalue weighted by molar-refractivity contribution is -0.122. The van der Waals surface area contributed by atoms with Gasteiger partial charge >= 0.3 is 0 Å². The first-order valence-electron chi connectivity index (χ1n) is 6.38. The molecule has 1 saturated heterocycles. The molecular formula is C14H22ClN3O. The van der Waals surface area contributed by atoms with Gasteiger partial charge in [-0.15, -0.1) is 12.4 Å². The van der Waals surface area contributed by atoms with Crippen molar-refractivity contribution < 1.29 is 4.79 Å². The summed E-state index contributed by atoms with van der Waals surface area (Å²) >= 11 is 0. The average molecular weight is 284 g/mol. The molecule has 0 saturated carbocycles. The Bertz CT molecular complexity index is 404. The van der Waals surface area contributed by atoms with Crippen molar-refractivity contribution >= 4 is 18.3 Å². The zero-order chi connectivity index (χ0) is 13.0. The number of rotatable bonds is 5. The number of amides is 1. The lowest BCUT2D eigenvalue weighted by atomic mass is 10.1. The van der Waals surface area contributed by atoms with E-state index in [2.05, 4.69) is 46.7 Å². The van der Waals surface area contributed by atoms with Crippen molar-refractivity contribution in [3.8, 4) is 0 Å². The third kappa shape index (κ3) is 4.82. The number of hydrogen-bond donors (Lipinski definition) is 2. The standard InChI is InChI=1S/C14H21N3O.ClH/c1-11-3-5-12(6-4-11)7-16-14(18)10-17(2)13-8-15-9-13;/h3-6,13,15H,7-10H2,1-2H3,(H,16,18);1H. The van der Waals surface area contributed by atoms with E-state index in [0.29, 0.717) is 19.1 Å². The maximum Gasteiger partial charge on any atom is 0.234 e. The summed E-state index contributed by atoms with van der Waals surface area (Å²) in [6.07, 6.45) is 0. The Morgan fingerprint density at radius 1 is 1.37 bits per heavy atom. The first kappa shape index (κ1) is 16.0. The predicted octanol–water partition coefficient (Wildman–Crippen LogP) is 0.937. The normalized spacial score (nSPS) is 14.7. The molecule has 1 aromatic carbocycles. The summed E-state index contributed by atoms with van der Waals surface area (Å²) in [5, 5.41) is 6.16. The molecule has 1 fully saturated rings. The number of carbonyl (C=O) groups is 1. The minimum atomic E-state index is 0. The SMILES string of the molecule is Cc1ccc(CNC(=O)CN(C)C2CNC2)cc1.Cl. The Morgan fingerprint density at radius 2 is 2.00 bits per heavy atom. The zero-order valence-electron chi connectivity index (χ0n) is 11.5. The maximum absolute atomic E-state index is 11.8. The lowest BCUT2D eigenvalue weighted by Gasteiger charge is -2.35. The Labute approximate surface area is 121 Å². The van der Waals surface area contributed by atoms with Gasteiger partial charge in [0.1, 0.15) is 0 Å². The van der Waals surface area contributed by atoms with Crippen LogP contribution in [0.25, 0.3) is 0 Å². The van der Waals surface area contributed by atoms with Crippen molar-refractivity contribution in [1.29, 1.82) is 0 Å². The molecule has 0 spiro atoms. The first-order chi connectivity index (χ1) is 8.65. The van der Waals surface area contributed by atoms with Crippen LogP contribution in [0.5, 0.6) is 0 Å². The first-order valence-corrected chi connectivity index (χ1v) is 6.38. The Kier molecular flexibility index (Phi) is 6.28. The number of likely N-dealkylation sites (N-methyl/N-ethyl adjacent to an activating group) is 1. The summed E-state index contributed by atoms with van der Waals surface area (Å²) < 4.78 is 0. The van der Waals surface area contributed by atoms with E-state index in [1.165, 1.54) is 5.56 Å². The molecule has 1 heterocycles. The monoisotopic (exact) mass is 283 g/mol. The van der Waals surface area contributed by atoms with Crippen molar-refractivity contribution in [1.82, 2.24) is 15.5 Å². The van der Waals surface area contributed by atoms with E-state index < -0.39 is 0 Å². The third-order valence-electron chi connectivity index (χ3n) is 3.39. The largest absolute Gasteiger partial charge is 0.351 e. The van der Waals surface area contributed by atoms with E-state index in [1.54, 1.807) is 0 Å². The summed E-state index contributed by atoms with van der Waals surface area (Å²) in [5.41, 5.74) is 2.38. The molecule has 0 aliphatic carbocycles. The van der Waals surface area contributed by atoms with Crippen LogP contribution in [-0.2, 0) is 11.3 Å². The van der Waals surface area contributed by atoms with Crippen LogP contribution in [0.1, 0.15) is 11.1 Å². The van der Waals surface area contributed by atoms with Crippen LogP contribution in [0, 0.1) is 6.92 Å². The van der Waals surface area contributed by atoms with Crippen LogP contribution in [0.15, 0.2) is 24.3 Å². The second-order valence-electron chi connectivity index (χ2n) is 4.99. The van der Waals surface area contributed by atoms with Gasteiger partial charge in [0.15, 0.2) is 0 Å². The van der Waals surface area contributed by atoms with Crippen molar-refractivity contribution in [2.45, 2.75) is 19.5 Å². The fourth-order valence-electron chi connectivity index (χ4n) is 1.90. The number of hydrogen-bond acceptors (Lipinski definition) is 3. The molecule has 0 bridgehead atoms. The van der Waals surface area contributed by atoms with Crippen LogP contribution in [0.2, 0.25) is 0 Å². The molecule has 2 rings (SSSR count). The lowest BCUT2D eigenvalue weighted by Crippen LogP contribution is -2.57. The molecule has 4 nitrogen and oxygen atoms in total. The summed E-state index contributed by atoms with van der Waals surface area (Å²) in [4.78, 5) is 13.9. The molecule has 1 amide bonds. The molecule has 0 aromatic heterocycles. The van der Waals surface area contributed by atoms with Crippen LogP contribution < -0.4 is 10.6 Å². The third-order valence-corrected chi connectivity index (χ3v) is 3.39. The summed E-state index contributed by atoms with van der Waals surface area (Å²) in [6, 6.07) is 8.74. The van der Waals surface area contributed by atoms with Crippen molar-refractivity contribution in [3.05, 3.63) is 35.4 Å². The highest BCUT2D eigenvalue weighted by molar-refractivity contribution is 5.85. The molecule has 1 aliphatic rings. The highest BCUT2D eigenvalue weighted by Crippen LogP contribution is 2.03. The van der Waals surface area contributed by atoms with Gasteiger partial charge < -0.3 is 10.6 Å². The van der Waals surface area contributed by atoms with Gasteiger partial charge in [-0.2, -0.15) is 0 Å². The van der Waals surface area contributed by atoms with Gasteiger partial charge in [-0.05, 0) is 19.5 Å². The molecule has 19 heavy (non-hydrogen) atoms. The number of aryl methyl sites for hydroxylation is 1. The Balaban J connectivity index is 0.00000180. The molecule has 1 aromatic rings. The van der Waals surface area contributed by atoms with E-state index in [0.717, 1.165) is 18.7 Å². The molecule has 106 valence electrons. The van der Waals surface area contributed by atoms with E-state index >= 15 is 0 Å². The summed E-state index contributed by atoms with van der Waals surface area (Å²) in [6.45, 7) is 5.11. The fraction of sp³-hybridized carbons (Fsp3) is 0.500. The van der Waals surface area contributed by atoms with Gasteiger partial charge in [0.25, 0.3) is 0 Å². The van der Waals surface area contributed by atoms with Gasteiger partial charge in [-0.25, -0.2) is 0 Å². The molecular weight excluding hydrogens is 262 g/mol. The Hall–Kier alpha value is -1.10. The van der Waals surface area contributed by atoms with Gasteiger partial charge in [0.2, 0.25) is 5.91 Å². The predicted molar refractivity (Wildman–Crippen MR) is 79.6 cm³/mol. The topological polar surface area (TPSA) is 44.4 Å². The van der Waals surface area contributed by atoms with Crippen molar-refractivity contribution in [3.63, 3.8) is 0 Å². The molecule has 0 atom stereocenters. The smallest absolute Gasteiger partial charge is 0.234 e. The quantitative estimate of drug-likeness (QED) is 0.845. The van der Waals surface area contributed by atoms with Gasteiger partial charge in [-0.1, -0.05) is 29.8 Å². The molecule has 0 unspecified atom stereocenters. The van der Waals surface area contributed by atoms with E-state index in [4.69, 9.17) is 0 Å². The van der Waals surface area contributed by atoms with E-state index in [-0.39, 0.29) is 18.3 Å². The van der Waals surface area contributed by atoms with Crippen LogP contribution in [0.3, 0.4) is 0 Å². The van der Waals surface area contributed by atoms with Gasteiger partial charge in [-0.3, -0.25) is 9.69 Å². The average Bonchev–Trinajstić information content (AvgIpc) is 2.25. The number of halogens is 1. The maximum atomic E-state index is 11.8. The molecule has 1 aliphatic heterocycles. The second-order valence-corrected chi connectivity index (χ2v) is 4.99. The van der Waals surface area contributed by atoms with Crippen molar-refractivity contribution in [2.75, 3.05) is 26.7 Å². The van der Waals surface area contributed by atoms with Crippen molar-refractivity contribution in [2.24, 2.45) is 0 Å². The molecule has 0 radical (unpaired) electrons. The van der Waals surface area contributed by atoms with E-state index in [9.17, 15) is 4.79 Å². The minimum absolute atomic E-state index is 0. The highest BCUT2D eigenvalue weighted by Gasteiger charge is 2.22. The zero-order valence-corrected chi connectivity index (χ0v) is 12.3. The van der Waals surface area contributed by atoms with E-state index in [1.807, 2.05) is 7.05 Å². The number of nitrogens with zero attached hydrogens (tertiary/aromatic N) is 1. The molecule has 2 N–H and O–H groups in total. The number of nitrogens with one attached hydrogen (secondary N) is 2. The number of carbonyl (C=O) groups excluding carboxylic acids is 1. The van der Waals surface area contributed by atoms with Gasteiger partial charge in [0.05, 0.1) is 6.54 Å². The Morgan fingerprint density at radius 3 is 2.53 bits per heavy atom. The highest BCUT2D eigenvalue weighted by atomic mass is 35.5. The number of benzene rings is 1. The van der Waals surface area contributed by atoms with Crippen LogP contribution >= 0.6 is 12.4 Å². The summed E-state index contributed by atoms with van der Waals surface area (Å²) in [7, 11) is 2.00. The minimum Gasteiger partial charge on any atom is -0.351 e. The van der Waals surface area contributed by atoms with Gasteiger partial charge in [0, 0.05) is 25.7 Å². The fourth-order valence-corrected chi connectivity index (χ4v) is 1.90. The molecule has 5 heteroatoms. The second kappa shape index (κ2) is 7.48. The van der Waals surface area contributed by atoms with Crippen LogP contribution in [-0.4, -0.2) is 43.5 Å². The summed E-state index contributed by atoms with van der Waals surface area (Å²) in [5.74, 6) is 0.0879. The van der Waals surface area contributed by atoms with Crippen LogP contribution in [0.4, 0.5) is 0 Å².